The van der Waals surface area contributed by atoms with Crippen LogP contribution in [0.2, 0.25) is 0 Å². The van der Waals surface area contributed by atoms with Crippen LogP contribution in [0.25, 0.3) is 5.57 Å². The van der Waals surface area contributed by atoms with E-state index in [1.165, 1.54) is 0 Å². The van der Waals surface area contributed by atoms with Crippen LogP contribution in [0, 0.1) is 23.3 Å². The Kier molecular flexibility index (Phi) is 3.47. The summed E-state index contributed by atoms with van der Waals surface area (Å²) in [6.07, 6.45) is 0.0662. The van der Waals surface area contributed by atoms with Crippen LogP contribution in [0.4, 0.5) is 17.6 Å². The van der Waals surface area contributed by atoms with Crippen molar-refractivity contribution in [3.05, 3.63) is 41.5 Å². The van der Waals surface area contributed by atoms with Crippen molar-refractivity contribution in [2.45, 2.75) is 6.42 Å². The van der Waals surface area contributed by atoms with E-state index in [0.717, 1.165) is 0 Å². The molecule has 0 aliphatic rings. The van der Waals surface area contributed by atoms with E-state index in [-0.39, 0.29) is 24.6 Å². The van der Waals surface area contributed by atoms with Crippen LogP contribution in [0.15, 0.2) is 12.6 Å². The standard InChI is InChI=1S/C10H9F4N/c1-5(2-3-15)8-9(13)6(11)4-7(12)10(8)14/h4H,1-3,15H2. The first-order valence-corrected chi connectivity index (χ1v) is 4.20. The molecular weight excluding hydrogens is 210 g/mol. The van der Waals surface area contributed by atoms with Crippen LogP contribution in [0.1, 0.15) is 12.0 Å². The first-order valence-electron chi connectivity index (χ1n) is 4.20. The van der Waals surface area contributed by atoms with Crippen molar-refractivity contribution in [2.24, 2.45) is 5.73 Å². The molecule has 0 saturated carbocycles. The Bertz CT molecular complexity index is 375. The molecule has 0 bridgehead atoms. The zero-order valence-corrected chi connectivity index (χ0v) is 7.79. The van der Waals surface area contributed by atoms with Gasteiger partial charge in [-0.25, -0.2) is 17.6 Å². The molecule has 0 saturated heterocycles. The fourth-order valence-corrected chi connectivity index (χ4v) is 1.18. The first kappa shape index (κ1) is 11.7. The molecule has 0 radical (unpaired) electrons. The maximum absolute atomic E-state index is 13.1. The quantitative estimate of drug-likeness (QED) is 0.613. The number of halogens is 4. The van der Waals surface area contributed by atoms with Crippen molar-refractivity contribution in [3.8, 4) is 0 Å². The summed E-state index contributed by atoms with van der Waals surface area (Å²) >= 11 is 0. The third-order valence-corrected chi connectivity index (χ3v) is 1.91. The second-order valence-corrected chi connectivity index (χ2v) is 2.99. The first-order chi connectivity index (χ1) is 6.99. The molecular formula is C10H9F4N. The van der Waals surface area contributed by atoms with Gasteiger partial charge in [-0.05, 0) is 18.5 Å². The molecule has 1 rings (SSSR count). The van der Waals surface area contributed by atoms with Gasteiger partial charge in [0.2, 0.25) is 0 Å². The third-order valence-electron chi connectivity index (χ3n) is 1.91. The SMILES string of the molecule is C=C(CCN)c1c(F)c(F)cc(F)c1F. The van der Waals surface area contributed by atoms with Crippen molar-refractivity contribution in [2.75, 3.05) is 6.54 Å². The van der Waals surface area contributed by atoms with Gasteiger partial charge in [0, 0.05) is 6.07 Å². The lowest BCUT2D eigenvalue weighted by molar-refractivity contribution is 0.449. The molecule has 0 amide bonds. The van der Waals surface area contributed by atoms with E-state index in [4.69, 9.17) is 5.73 Å². The maximum Gasteiger partial charge on any atom is 0.169 e. The van der Waals surface area contributed by atoms with Crippen molar-refractivity contribution in [1.82, 2.24) is 0 Å². The van der Waals surface area contributed by atoms with E-state index in [1.807, 2.05) is 0 Å². The molecule has 0 unspecified atom stereocenters. The van der Waals surface area contributed by atoms with E-state index in [9.17, 15) is 17.6 Å². The highest BCUT2D eigenvalue weighted by molar-refractivity contribution is 5.64. The van der Waals surface area contributed by atoms with E-state index in [2.05, 4.69) is 6.58 Å². The van der Waals surface area contributed by atoms with Gasteiger partial charge in [0.25, 0.3) is 0 Å². The molecule has 15 heavy (non-hydrogen) atoms. The van der Waals surface area contributed by atoms with Crippen LogP contribution >= 0.6 is 0 Å². The molecule has 1 aromatic carbocycles. The summed E-state index contributed by atoms with van der Waals surface area (Å²) in [5.41, 5.74) is 4.32. The molecule has 1 nitrogen and oxygen atoms in total. The average molecular weight is 219 g/mol. The fraction of sp³-hybridized carbons (Fsp3) is 0.200. The summed E-state index contributed by atoms with van der Waals surface area (Å²) in [6, 6.07) is 0.157. The molecule has 2 N–H and O–H groups in total. The number of rotatable bonds is 3. The number of hydrogen-bond donors (Lipinski definition) is 1. The molecule has 0 aliphatic carbocycles. The molecule has 0 fully saturated rings. The summed E-state index contributed by atoms with van der Waals surface area (Å²) in [5, 5.41) is 0. The summed E-state index contributed by atoms with van der Waals surface area (Å²) in [7, 11) is 0. The van der Waals surface area contributed by atoms with E-state index < -0.39 is 28.8 Å². The molecule has 0 atom stereocenters. The number of nitrogens with two attached hydrogens (primary N) is 1. The van der Waals surface area contributed by atoms with Gasteiger partial charge in [0.15, 0.2) is 23.3 Å². The Morgan fingerprint density at radius 1 is 1.13 bits per heavy atom. The third kappa shape index (κ3) is 2.18. The predicted molar refractivity (Wildman–Crippen MR) is 49.0 cm³/mol. The van der Waals surface area contributed by atoms with Gasteiger partial charge in [0.1, 0.15) is 0 Å². The highest BCUT2D eigenvalue weighted by Crippen LogP contribution is 2.26. The minimum absolute atomic E-state index is 0.0640. The Hall–Kier alpha value is -1.36. The Morgan fingerprint density at radius 2 is 1.60 bits per heavy atom. The monoisotopic (exact) mass is 219 g/mol. The second kappa shape index (κ2) is 4.44. The van der Waals surface area contributed by atoms with Gasteiger partial charge < -0.3 is 5.73 Å². The summed E-state index contributed by atoms with van der Waals surface area (Å²) in [6.45, 7) is 3.42. The molecule has 1 aromatic rings. The molecule has 0 aromatic heterocycles. The van der Waals surface area contributed by atoms with E-state index >= 15 is 0 Å². The van der Waals surface area contributed by atoms with Crippen molar-refractivity contribution in [3.63, 3.8) is 0 Å². The Labute approximate surface area is 84.2 Å². The summed E-state index contributed by atoms with van der Waals surface area (Å²) in [5.74, 6) is -5.76. The summed E-state index contributed by atoms with van der Waals surface area (Å²) < 4.78 is 51.8. The maximum atomic E-state index is 13.1. The van der Waals surface area contributed by atoms with Crippen LogP contribution in [-0.4, -0.2) is 6.54 Å². The molecule has 82 valence electrons. The van der Waals surface area contributed by atoms with Gasteiger partial charge in [-0.1, -0.05) is 6.58 Å². The minimum Gasteiger partial charge on any atom is -0.330 e. The number of benzene rings is 1. The highest BCUT2D eigenvalue weighted by atomic mass is 19.2. The van der Waals surface area contributed by atoms with Crippen LogP contribution < -0.4 is 5.73 Å². The molecule has 5 heteroatoms. The minimum atomic E-state index is -1.44. The Morgan fingerprint density at radius 3 is 2.00 bits per heavy atom. The Balaban J connectivity index is 3.32. The van der Waals surface area contributed by atoms with Crippen LogP contribution in [-0.2, 0) is 0 Å². The van der Waals surface area contributed by atoms with Gasteiger partial charge in [-0.3, -0.25) is 0 Å². The van der Waals surface area contributed by atoms with Gasteiger partial charge in [0.05, 0.1) is 5.56 Å². The summed E-state index contributed by atoms with van der Waals surface area (Å²) in [4.78, 5) is 0. The van der Waals surface area contributed by atoms with Crippen molar-refractivity contribution >= 4 is 5.57 Å². The van der Waals surface area contributed by atoms with Gasteiger partial charge in [-0.2, -0.15) is 0 Å². The lowest BCUT2D eigenvalue weighted by Crippen LogP contribution is -2.05. The lowest BCUT2D eigenvalue weighted by Gasteiger charge is -2.08. The second-order valence-electron chi connectivity index (χ2n) is 2.99. The van der Waals surface area contributed by atoms with Crippen LogP contribution in [0.5, 0.6) is 0 Å². The largest absolute Gasteiger partial charge is 0.330 e. The van der Waals surface area contributed by atoms with Crippen LogP contribution in [0.3, 0.4) is 0 Å². The van der Waals surface area contributed by atoms with Gasteiger partial charge >= 0.3 is 0 Å². The zero-order valence-electron chi connectivity index (χ0n) is 7.79. The molecule has 0 spiro atoms. The van der Waals surface area contributed by atoms with Gasteiger partial charge in [-0.15, -0.1) is 0 Å². The molecule has 0 heterocycles. The van der Waals surface area contributed by atoms with Crippen molar-refractivity contribution in [1.29, 1.82) is 0 Å². The van der Waals surface area contributed by atoms with E-state index in [0.29, 0.717) is 0 Å². The van der Waals surface area contributed by atoms with E-state index in [1.54, 1.807) is 0 Å². The topological polar surface area (TPSA) is 26.0 Å². The normalized spacial score (nSPS) is 10.5. The van der Waals surface area contributed by atoms with Crippen molar-refractivity contribution < 1.29 is 17.6 Å². The predicted octanol–water partition coefficient (Wildman–Crippen LogP) is 2.61. The average Bonchev–Trinajstić information content (AvgIpc) is 2.16. The fourth-order valence-electron chi connectivity index (χ4n) is 1.18. The molecule has 0 aliphatic heterocycles. The smallest absolute Gasteiger partial charge is 0.169 e. The lowest BCUT2D eigenvalue weighted by atomic mass is 10.0. The zero-order chi connectivity index (χ0) is 11.6. The number of hydrogen-bond acceptors (Lipinski definition) is 1. The highest BCUT2D eigenvalue weighted by Gasteiger charge is 2.20.